The number of carbonyl (C=O) groups excluding carboxylic acids is 2. The highest BCUT2D eigenvalue weighted by molar-refractivity contribution is 7.45. The molecule has 9 nitrogen and oxygen atoms in total. The summed E-state index contributed by atoms with van der Waals surface area (Å²) in [5.74, 6) is -0.853. The molecule has 292 valence electrons. The Kier molecular flexibility index (Phi) is 32.2. The van der Waals surface area contributed by atoms with E-state index in [9.17, 15) is 19.0 Å². The summed E-state index contributed by atoms with van der Waals surface area (Å²) < 4.78 is 33.4. The molecule has 49 heavy (non-hydrogen) atoms. The van der Waals surface area contributed by atoms with Gasteiger partial charge in [0.2, 0.25) is 0 Å². The monoisotopic (exact) mass is 720 g/mol. The number of likely N-dealkylation sites (N-methyl/N-ethyl adjacent to an activating group) is 1. The fourth-order valence-electron chi connectivity index (χ4n) is 5.65. The van der Waals surface area contributed by atoms with Crippen LogP contribution in [0.5, 0.6) is 0 Å². The molecule has 0 fully saturated rings. The molecule has 0 spiro atoms. The van der Waals surface area contributed by atoms with Crippen LogP contribution in [0.1, 0.15) is 187 Å². The van der Waals surface area contributed by atoms with Crippen LogP contribution in [-0.4, -0.2) is 70.0 Å². The molecule has 0 aromatic heterocycles. The molecule has 0 heterocycles. The Morgan fingerprint density at radius 2 is 0.918 bits per heavy atom. The maximum atomic E-state index is 12.5. The van der Waals surface area contributed by atoms with E-state index in [1.807, 2.05) is 28.1 Å². The lowest BCUT2D eigenvalue weighted by molar-refractivity contribution is -0.870. The molecule has 0 saturated heterocycles. The standard InChI is InChI=1S/C39H78NO8P/c1-6-8-10-11-12-13-14-15-16-17-18-19-20-21-22-23-24-25-26-27-28-30-32-39(42)48-37(35-45-38(41)31-29-9-7-2)36-47-49(43,44)46-34-33-40(3,4)5/h37H,6-36H2,1-5H3. The number of phosphoric ester groups is 1. The first kappa shape index (κ1) is 48.0. The second-order valence-corrected chi connectivity index (χ2v) is 16.4. The van der Waals surface area contributed by atoms with Gasteiger partial charge in [-0.3, -0.25) is 14.2 Å². The maximum absolute atomic E-state index is 12.5. The van der Waals surface area contributed by atoms with Crippen molar-refractivity contribution in [2.75, 3.05) is 47.5 Å². The summed E-state index contributed by atoms with van der Waals surface area (Å²) in [5, 5.41) is 0. The number of rotatable bonds is 37. The van der Waals surface area contributed by atoms with Crippen LogP contribution in [0, 0.1) is 0 Å². The molecule has 0 aliphatic heterocycles. The molecule has 0 rings (SSSR count). The van der Waals surface area contributed by atoms with Gasteiger partial charge >= 0.3 is 11.9 Å². The van der Waals surface area contributed by atoms with Crippen LogP contribution >= 0.6 is 7.82 Å². The van der Waals surface area contributed by atoms with E-state index in [0.29, 0.717) is 23.9 Å². The van der Waals surface area contributed by atoms with Crippen LogP contribution < -0.4 is 4.89 Å². The molecule has 2 atom stereocenters. The van der Waals surface area contributed by atoms with Crippen molar-refractivity contribution in [1.29, 1.82) is 0 Å². The summed E-state index contributed by atoms with van der Waals surface area (Å²) in [6, 6.07) is 0. The second-order valence-electron chi connectivity index (χ2n) is 15.0. The van der Waals surface area contributed by atoms with E-state index in [1.165, 1.54) is 122 Å². The zero-order valence-corrected chi connectivity index (χ0v) is 33.6. The van der Waals surface area contributed by atoms with Gasteiger partial charge in [-0.15, -0.1) is 0 Å². The third-order valence-corrected chi connectivity index (χ3v) is 9.84. The quantitative estimate of drug-likeness (QED) is 0.0270. The van der Waals surface area contributed by atoms with E-state index in [-0.39, 0.29) is 26.1 Å². The van der Waals surface area contributed by atoms with Crippen molar-refractivity contribution >= 4 is 19.8 Å². The van der Waals surface area contributed by atoms with Gasteiger partial charge < -0.3 is 27.9 Å². The van der Waals surface area contributed by atoms with E-state index < -0.39 is 32.5 Å². The number of hydrogen-bond donors (Lipinski definition) is 0. The lowest BCUT2D eigenvalue weighted by Gasteiger charge is -2.28. The molecule has 2 unspecified atom stereocenters. The lowest BCUT2D eigenvalue weighted by Crippen LogP contribution is -2.37. The van der Waals surface area contributed by atoms with Crippen LogP contribution in [0.4, 0.5) is 0 Å². The Hall–Kier alpha value is -0.990. The predicted octanol–water partition coefficient (Wildman–Crippen LogP) is 10.2. The summed E-state index contributed by atoms with van der Waals surface area (Å²) in [6.07, 6.45) is 30.8. The Labute approximate surface area is 302 Å². The highest BCUT2D eigenvalue weighted by Gasteiger charge is 2.21. The number of quaternary nitrogens is 1. The molecule has 0 aromatic carbocycles. The average Bonchev–Trinajstić information content (AvgIpc) is 3.04. The van der Waals surface area contributed by atoms with Gasteiger partial charge in [-0.1, -0.05) is 162 Å². The molecule has 0 aromatic rings. The van der Waals surface area contributed by atoms with Crippen molar-refractivity contribution in [2.24, 2.45) is 0 Å². The fraction of sp³-hybridized carbons (Fsp3) is 0.949. The third kappa shape index (κ3) is 36.6. The third-order valence-electron chi connectivity index (χ3n) is 8.88. The van der Waals surface area contributed by atoms with Gasteiger partial charge in [0.15, 0.2) is 6.10 Å². The minimum atomic E-state index is -4.60. The molecule has 0 N–H and O–H groups in total. The number of carbonyl (C=O) groups is 2. The summed E-state index contributed by atoms with van der Waals surface area (Å²) in [5.41, 5.74) is 0. The molecule has 0 bridgehead atoms. The second kappa shape index (κ2) is 32.9. The smallest absolute Gasteiger partial charge is 0.306 e. The molecular weight excluding hydrogens is 641 g/mol. The van der Waals surface area contributed by atoms with Crippen LogP contribution in [0.25, 0.3) is 0 Å². The van der Waals surface area contributed by atoms with Gasteiger partial charge in [0.05, 0.1) is 27.7 Å². The fourth-order valence-corrected chi connectivity index (χ4v) is 6.38. The first-order valence-electron chi connectivity index (χ1n) is 20.2. The molecule has 10 heteroatoms. The highest BCUT2D eigenvalue weighted by atomic mass is 31.2. The Balaban J connectivity index is 3.99. The van der Waals surface area contributed by atoms with Crippen molar-refractivity contribution in [3.8, 4) is 0 Å². The van der Waals surface area contributed by atoms with Crippen molar-refractivity contribution in [3.63, 3.8) is 0 Å². The zero-order valence-electron chi connectivity index (χ0n) is 32.7. The summed E-state index contributed by atoms with van der Waals surface area (Å²) in [4.78, 5) is 36.8. The summed E-state index contributed by atoms with van der Waals surface area (Å²) >= 11 is 0. The number of unbranched alkanes of at least 4 members (excludes halogenated alkanes) is 23. The number of hydrogen-bond acceptors (Lipinski definition) is 8. The topological polar surface area (TPSA) is 111 Å². The minimum Gasteiger partial charge on any atom is -0.756 e. The Morgan fingerprint density at radius 1 is 0.551 bits per heavy atom. The van der Waals surface area contributed by atoms with Gasteiger partial charge in [0, 0.05) is 12.8 Å². The van der Waals surface area contributed by atoms with E-state index in [0.717, 1.165) is 25.7 Å². The van der Waals surface area contributed by atoms with Crippen molar-refractivity contribution < 1.29 is 42.1 Å². The molecule has 0 radical (unpaired) electrons. The Morgan fingerprint density at radius 3 is 1.35 bits per heavy atom. The lowest BCUT2D eigenvalue weighted by atomic mass is 10.0. The molecular formula is C39H78NO8P. The Bertz CT molecular complexity index is 819. The van der Waals surface area contributed by atoms with Crippen LogP contribution in [0.15, 0.2) is 0 Å². The van der Waals surface area contributed by atoms with Crippen molar-refractivity contribution in [3.05, 3.63) is 0 Å². The van der Waals surface area contributed by atoms with Gasteiger partial charge in [-0.25, -0.2) is 0 Å². The SMILES string of the molecule is CCCCCCCCCCCCCCCCCCCCCCCCC(=O)OC(COC(=O)CCCCC)COP(=O)([O-])OCC[N+](C)(C)C. The first-order chi connectivity index (χ1) is 23.5. The largest absolute Gasteiger partial charge is 0.756 e. The van der Waals surface area contributed by atoms with Gasteiger partial charge in [-0.05, 0) is 12.8 Å². The number of nitrogens with zero attached hydrogens (tertiary/aromatic N) is 1. The van der Waals surface area contributed by atoms with Crippen molar-refractivity contribution in [2.45, 2.75) is 193 Å². The van der Waals surface area contributed by atoms with E-state index in [4.69, 9.17) is 18.5 Å². The van der Waals surface area contributed by atoms with Gasteiger partial charge in [0.25, 0.3) is 7.82 Å². The number of phosphoric acid groups is 1. The van der Waals surface area contributed by atoms with Crippen molar-refractivity contribution in [1.82, 2.24) is 0 Å². The minimum absolute atomic E-state index is 0.0271. The molecule has 0 aliphatic rings. The van der Waals surface area contributed by atoms with E-state index in [2.05, 4.69) is 6.92 Å². The maximum Gasteiger partial charge on any atom is 0.306 e. The molecule has 0 aliphatic carbocycles. The van der Waals surface area contributed by atoms with Crippen LogP contribution in [0.3, 0.4) is 0 Å². The highest BCUT2D eigenvalue weighted by Crippen LogP contribution is 2.38. The predicted molar refractivity (Wildman–Crippen MR) is 199 cm³/mol. The van der Waals surface area contributed by atoms with E-state index >= 15 is 0 Å². The van der Waals surface area contributed by atoms with Crippen LogP contribution in [-0.2, 0) is 32.7 Å². The number of esters is 2. The normalized spacial score (nSPS) is 13.7. The summed E-state index contributed by atoms with van der Waals surface area (Å²) in [6.45, 7) is 4.06. The molecule has 0 saturated carbocycles. The van der Waals surface area contributed by atoms with Gasteiger partial charge in [0.1, 0.15) is 19.8 Å². The zero-order chi connectivity index (χ0) is 36.5. The molecule has 0 amide bonds. The van der Waals surface area contributed by atoms with Gasteiger partial charge in [-0.2, -0.15) is 0 Å². The van der Waals surface area contributed by atoms with Crippen LogP contribution in [0.2, 0.25) is 0 Å². The first-order valence-corrected chi connectivity index (χ1v) is 21.7. The van der Waals surface area contributed by atoms with E-state index in [1.54, 1.807) is 0 Å². The number of ether oxygens (including phenoxy) is 2. The average molecular weight is 720 g/mol. The summed E-state index contributed by atoms with van der Waals surface area (Å²) in [7, 11) is 1.17.